The molecule has 0 fully saturated rings. The number of ether oxygens (including phenoxy) is 1. The molecule has 0 heterocycles. The maximum atomic E-state index is 12.8. The number of nitrogens with one attached hydrogen (secondary N) is 1. The van der Waals surface area contributed by atoms with Crippen LogP contribution in [0.1, 0.15) is 15.9 Å². The van der Waals surface area contributed by atoms with Gasteiger partial charge in [-0.25, -0.2) is 8.42 Å². The van der Waals surface area contributed by atoms with Gasteiger partial charge in [0.2, 0.25) is 0 Å². The second-order valence-corrected chi connectivity index (χ2v) is 8.73. The fourth-order valence-electron chi connectivity index (χ4n) is 2.78. The molecule has 0 bridgehead atoms. The summed E-state index contributed by atoms with van der Waals surface area (Å²) in [5.74, 6) is 0.197. The summed E-state index contributed by atoms with van der Waals surface area (Å²) >= 11 is 0. The van der Waals surface area contributed by atoms with Crippen molar-refractivity contribution in [1.29, 1.82) is 5.26 Å². The van der Waals surface area contributed by atoms with Crippen LogP contribution in [0.3, 0.4) is 0 Å². The maximum Gasteiger partial charge on any atom is 0.264 e. The topological polar surface area (TPSA) is 99.5 Å². The van der Waals surface area contributed by atoms with E-state index in [2.05, 4.69) is 5.32 Å². The number of aryl methyl sites for hydroxylation is 1. The van der Waals surface area contributed by atoms with E-state index in [-0.39, 0.29) is 17.4 Å². The van der Waals surface area contributed by atoms with E-state index >= 15 is 0 Å². The lowest BCUT2D eigenvalue weighted by molar-refractivity contribution is 0.102. The normalized spacial score (nSPS) is 10.7. The zero-order chi connectivity index (χ0) is 22.4. The van der Waals surface area contributed by atoms with Crippen molar-refractivity contribution < 1.29 is 17.9 Å². The van der Waals surface area contributed by atoms with Gasteiger partial charge in [-0.2, -0.15) is 5.26 Å². The molecule has 3 rings (SSSR count). The highest BCUT2D eigenvalue weighted by molar-refractivity contribution is 7.92. The smallest absolute Gasteiger partial charge is 0.264 e. The molecule has 0 saturated heterocycles. The molecule has 0 saturated carbocycles. The van der Waals surface area contributed by atoms with Gasteiger partial charge < -0.3 is 10.1 Å². The Morgan fingerprint density at radius 1 is 1.00 bits per heavy atom. The number of rotatable bonds is 7. The zero-order valence-corrected chi connectivity index (χ0v) is 17.9. The van der Waals surface area contributed by atoms with Gasteiger partial charge in [-0.15, -0.1) is 0 Å². The van der Waals surface area contributed by atoms with Crippen LogP contribution in [0, 0.1) is 18.3 Å². The van der Waals surface area contributed by atoms with Gasteiger partial charge in [0.1, 0.15) is 11.8 Å². The third-order valence-electron chi connectivity index (χ3n) is 4.59. The van der Waals surface area contributed by atoms with Crippen molar-refractivity contribution in [2.75, 3.05) is 23.3 Å². The monoisotopic (exact) mass is 435 g/mol. The Balaban J connectivity index is 1.69. The number of hydrogen-bond donors (Lipinski definition) is 1. The Hall–Kier alpha value is -3.83. The maximum absolute atomic E-state index is 12.8. The molecule has 1 N–H and O–H groups in total. The number of carbonyl (C=O) groups excluding carboxylic acids is 1. The van der Waals surface area contributed by atoms with Gasteiger partial charge in [0.05, 0.1) is 10.6 Å². The van der Waals surface area contributed by atoms with Crippen LogP contribution in [-0.4, -0.2) is 28.0 Å². The van der Waals surface area contributed by atoms with E-state index < -0.39 is 10.0 Å². The van der Waals surface area contributed by atoms with Gasteiger partial charge >= 0.3 is 0 Å². The first-order valence-electron chi connectivity index (χ1n) is 9.38. The van der Waals surface area contributed by atoms with Gasteiger partial charge in [0.25, 0.3) is 15.9 Å². The van der Waals surface area contributed by atoms with Crippen molar-refractivity contribution in [3.63, 3.8) is 0 Å². The second-order valence-electron chi connectivity index (χ2n) is 6.76. The average molecular weight is 436 g/mol. The Kier molecular flexibility index (Phi) is 6.58. The minimum absolute atomic E-state index is 0.0495. The number of hydrogen-bond acceptors (Lipinski definition) is 5. The summed E-state index contributed by atoms with van der Waals surface area (Å²) < 4.78 is 32.0. The average Bonchev–Trinajstić information content (AvgIpc) is 2.78. The number of anilines is 2. The summed E-state index contributed by atoms with van der Waals surface area (Å²) in [7, 11) is -2.23. The molecular formula is C23H21N3O4S. The summed E-state index contributed by atoms with van der Waals surface area (Å²) in [6.45, 7) is 1.84. The molecule has 0 aliphatic carbocycles. The molecule has 0 aromatic heterocycles. The predicted molar refractivity (Wildman–Crippen MR) is 119 cm³/mol. The standard InChI is InChI=1S/C23H21N3O4S/c1-17-3-13-22(14-4-17)31(28,29)26(2)20-9-5-18(6-10-20)23(27)25-19-7-11-21(12-8-19)30-16-15-24/h3-14H,16H2,1-2H3,(H,25,27). The summed E-state index contributed by atoms with van der Waals surface area (Å²) in [4.78, 5) is 12.7. The summed E-state index contributed by atoms with van der Waals surface area (Å²) in [6, 6.07) is 21.5. The first-order chi connectivity index (χ1) is 14.8. The van der Waals surface area contributed by atoms with Crippen molar-refractivity contribution in [2.24, 2.45) is 0 Å². The van der Waals surface area contributed by atoms with Gasteiger partial charge in [-0.3, -0.25) is 9.10 Å². The molecule has 0 aliphatic heterocycles. The van der Waals surface area contributed by atoms with Gasteiger partial charge in [0.15, 0.2) is 6.61 Å². The van der Waals surface area contributed by atoms with Crippen molar-refractivity contribution in [2.45, 2.75) is 11.8 Å². The minimum atomic E-state index is -3.70. The molecule has 0 spiro atoms. The fourth-order valence-corrected chi connectivity index (χ4v) is 3.98. The van der Waals surface area contributed by atoms with Gasteiger partial charge in [0, 0.05) is 18.3 Å². The molecule has 7 nitrogen and oxygen atoms in total. The van der Waals surface area contributed by atoms with Gasteiger partial charge in [-0.1, -0.05) is 17.7 Å². The van der Waals surface area contributed by atoms with Crippen LogP contribution in [0.15, 0.2) is 77.7 Å². The Morgan fingerprint density at radius 3 is 2.19 bits per heavy atom. The Bertz CT molecular complexity index is 1200. The molecule has 3 aromatic rings. The fraction of sp³-hybridized carbons (Fsp3) is 0.130. The second kappa shape index (κ2) is 9.32. The predicted octanol–water partition coefficient (Wildman–Crippen LogP) is 3.97. The highest BCUT2D eigenvalue weighted by Gasteiger charge is 2.21. The Labute approximate surface area is 181 Å². The summed E-state index contributed by atoms with van der Waals surface area (Å²) in [6.07, 6.45) is 0. The largest absolute Gasteiger partial charge is 0.479 e. The number of nitrogens with zero attached hydrogens (tertiary/aromatic N) is 2. The lowest BCUT2D eigenvalue weighted by Crippen LogP contribution is -2.26. The highest BCUT2D eigenvalue weighted by atomic mass is 32.2. The third-order valence-corrected chi connectivity index (χ3v) is 6.39. The highest BCUT2D eigenvalue weighted by Crippen LogP contribution is 2.23. The van der Waals surface area contributed by atoms with E-state index in [9.17, 15) is 13.2 Å². The van der Waals surface area contributed by atoms with E-state index in [1.165, 1.54) is 11.4 Å². The molecule has 0 aliphatic rings. The third kappa shape index (κ3) is 5.21. The van der Waals surface area contributed by atoms with Crippen LogP contribution < -0.4 is 14.4 Å². The van der Waals surface area contributed by atoms with Crippen LogP contribution in [-0.2, 0) is 10.0 Å². The summed E-state index contributed by atoms with van der Waals surface area (Å²) in [5.41, 5.74) is 2.37. The number of amides is 1. The van der Waals surface area contributed by atoms with E-state index in [1.54, 1.807) is 72.8 Å². The van der Waals surface area contributed by atoms with Crippen molar-refractivity contribution in [3.8, 4) is 11.8 Å². The van der Waals surface area contributed by atoms with Crippen LogP contribution in [0.4, 0.5) is 11.4 Å². The van der Waals surface area contributed by atoms with Crippen molar-refractivity contribution >= 4 is 27.3 Å². The van der Waals surface area contributed by atoms with E-state index in [1.807, 2.05) is 13.0 Å². The van der Waals surface area contributed by atoms with Crippen LogP contribution in [0.2, 0.25) is 0 Å². The van der Waals surface area contributed by atoms with Gasteiger partial charge in [-0.05, 0) is 67.6 Å². The molecule has 158 valence electrons. The minimum Gasteiger partial charge on any atom is -0.479 e. The summed E-state index contributed by atoms with van der Waals surface area (Å²) in [5, 5.41) is 11.3. The number of nitriles is 1. The number of benzene rings is 3. The zero-order valence-electron chi connectivity index (χ0n) is 17.1. The SMILES string of the molecule is Cc1ccc(S(=O)(=O)N(C)c2ccc(C(=O)Nc3ccc(OCC#N)cc3)cc2)cc1. The molecule has 8 heteroatoms. The lowest BCUT2D eigenvalue weighted by atomic mass is 10.2. The number of sulfonamides is 1. The van der Waals surface area contributed by atoms with Crippen LogP contribution in [0.25, 0.3) is 0 Å². The van der Waals surface area contributed by atoms with Crippen molar-refractivity contribution in [1.82, 2.24) is 0 Å². The van der Waals surface area contributed by atoms with E-state index in [0.717, 1.165) is 5.56 Å². The first kappa shape index (κ1) is 21.9. The van der Waals surface area contributed by atoms with E-state index in [0.29, 0.717) is 22.7 Å². The molecule has 1 amide bonds. The Morgan fingerprint density at radius 2 is 1.61 bits per heavy atom. The first-order valence-corrected chi connectivity index (χ1v) is 10.8. The molecule has 31 heavy (non-hydrogen) atoms. The number of carbonyl (C=O) groups is 1. The molecule has 0 atom stereocenters. The van der Waals surface area contributed by atoms with Crippen LogP contribution >= 0.6 is 0 Å². The lowest BCUT2D eigenvalue weighted by Gasteiger charge is -2.20. The molecule has 0 unspecified atom stereocenters. The van der Waals surface area contributed by atoms with Crippen molar-refractivity contribution in [3.05, 3.63) is 83.9 Å². The van der Waals surface area contributed by atoms with Crippen LogP contribution in [0.5, 0.6) is 5.75 Å². The molecular weight excluding hydrogens is 414 g/mol. The molecule has 0 radical (unpaired) electrons. The molecule has 3 aromatic carbocycles. The quantitative estimate of drug-likeness (QED) is 0.605. The van der Waals surface area contributed by atoms with E-state index in [4.69, 9.17) is 10.00 Å².